The molecule has 3 N–H and O–H groups in total. The van der Waals surface area contributed by atoms with Crippen molar-refractivity contribution in [3.8, 4) is 0 Å². The van der Waals surface area contributed by atoms with Gasteiger partial charge in [0.1, 0.15) is 0 Å². The highest BCUT2D eigenvalue weighted by molar-refractivity contribution is 14.0. The van der Waals surface area contributed by atoms with Crippen LogP contribution in [0.25, 0.3) is 0 Å². The third-order valence-electron chi connectivity index (χ3n) is 2.57. The fourth-order valence-corrected chi connectivity index (χ4v) is 1.38. The maximum absolute atomic E-state index is 11.3. The maximum atomic E-state index is 11.3. The van der Waals surface area contributed by atoms with Gasteiger partial charge >= 0.3 is 0 Å². The van der Waals surface area contributed by atoms with Crippen LogP contribution >= 0.6 is 24.0 Å². The van der Waals surface area contributed by atoms with Gasteiger partial charge in [0, 0.05) is 32.6 Å². The standard InChI is InChI=1S/C12H24N4O.HI/c1-9(2)8-16-12(13-3)15-7-6-14-11(17)10-4-5-10;/h9-10H,4-8H2,1-3H3,(H,14,17)(H2,13,15,16);1H. The van der Waals surface area contributed by atoms with Crippen molar-refractivity contribution < 1.29 is 4.79 Å². The first-order chi connectivity index (χ1) is 8.13. The molecule has 0 spiro atoms. The van der Waals surface area contributed by atoms with Crippen LogP contribution in [-0.4, -0.2) is 38.5 Å². The predicted molar refractivity (Wildman–Crippen MR) is 85.4 cm³/mol. The van der Waals surface area contributed by atoms with E-state index in [4.69, 9.17) is 0 Å². The quantitative estimate of drug-likeness (QED) is 0.283. The summed E-state index contributed by atoms with van der Waals surface area (Å²) in [6.07, 6.45) is 2.10. The molecule has 0 radical (unpaired) electrons. The van der Waals surface area contributed by atoms with E-state index in [-0.39, 0.29) is 35.8 Å². The number of carbonyl (C=O) groups excluding carboxylic acids is 1. The van der Waals surface area contributed by atoms with Crippen molar-refractivity contribution in [1.82, 2.24) is 16.0 Å². The third-order valence-corrected chi connectivity index (χ3v) is 2.57. The van der Waals surface area contributed by atoms with Crippen LogP contribution in [0, 0.1) is 11.8 Å². The zero-order valence-corrected chi connectivity index (χ0v) is 13.8. The van der Waals surface area contributed by atoms with Crippen LogP contribution in [0.15, 0.2) is 4.99 Å². The smallest absolute Gasteiger partial charge is 0.223 e. The lowest BCUT2D eigenvalue weighted by atomic mass is 10.2. The highest BCUT2D eigenvalue weighted by atomic mass is 127. The van der Waals surface area contributed by atoms with Crippen LogP contribution in [0.5, 0.6) is 0 Å². The lowest BCUT2D eigenvalue weighted by Crippen LogP contribution is -2.42. The topological polar surface area (TPSA) is 65.5 Å². The van der Waals surface area contributed by atoms with Gasteiger partial charge in [-0.1, -0.05) is 13.8 Å². The minimum atomic E-state index is 0. The summed E-state index contributed by atoms with van der Waals surface area (Å²) in [5.74, 6) is 1.85. The molecule has 0 bridgehead atoms. The Morgan fingerprint density at radius 3 is 2.33 bits per heavy atom. The van der Waals surface area contributed by atoms with E-state index >= 15 is 0 Å². The summed E-state index contributed by atoms with van der Waals surface area (Å²) in [6.45, 7) is 6.55. The Kier molecular flexibility index (Phi) is 9.13. The zero-order chi connectivity index (χ0) is 12.7. The molecule has 1 fully saturated rings. The molecule has 0 heterocycles. The first kappa shape index (κ1) is 17.5. The number of guanidine groups is 1. The number of rotatable bonds is 6. The van der Waals surface area contributed by atoms with Crippen molar-refractivity contribution in [2.75, 3.05) is 26.7 Å². The van der Waals surface area contributed by atoms with E-state index in [1.807, 2.05) is 0 Å². The fraction of sp³-hybridized carbons (Fsp3) is 0.833. The third kappa shape index (κ3) is 7.73. The summed E-state index contributed by atoms with van der Waals surface area (Å²) in [5.41, 5.74) is 0. The minimum absolute atomic E-state index is 0. The zero-order valence-electron chi connectivity index (χ0n) is 11.5. The van der Waals surface area contributed by atoms with E-state index in [2.05, 4.69) is 34.8 Å². The Balaban J connectivity index is 0.00000289. The van der Waals surface area contributed by atoms with Crippen molar-refractivity contribution in [3.05, 3.63) is 0 Å². The van der Waals surface area contributed by atoms with Crippen molar-refractivity contribution in [1.29, 1.82) is 0 Å². The Morgan fingerprint density at radius 1 is 1.22 bits per heavy atom. The van der Waals surface area contributed by atoms with Gasteiger partial charge in [0.25, 0.3) is 0 Å². The van der Waals surface area contributed by atoms with Gasteiger partial charge in [-0.15, -0.1) is 24.0 Å². The summed E-state index contributed by atoms with van der Waals surface area (Å²) < 4.78 is 0. The van der Waals surface area contributed by atoms with Gasteiger partial charge in [0.2, 0.25) is 5.91 Å². The van der Waals surface area contributed by atoms with Gasteiger partial charge in [0.15, 0.2) is 5.96 Å². The average molecular weight is 368 g/mol. The molecule has 106 valence electrons. The molecule has 1 saturated carbocycles. The number of amides is 1. The molecule has 5 nitrogen and oxygen atoms in total. The first-order valence-corrected chi connectivity index (χ1v) is 6.35. The normalized spacial score (nSPS) is 15.0. The van der Waals surface area contributed by atoms with Crippen molar-refractivity contribution in [3.63, 3.8) is 0 Å². The van der Waals surface area contributed by atoms with Crippen LogP contribution in [0.4, 0.5) is 0 Å². The second-order valence-corrected chi connectivity index (χ2v) is 4.84. The molecular formula is C12H25IN4O. The number of nitrogens with zero attached hydrogens (tertiary/aromatic N) is 1. The molecule has 1 rings (SSSR count). The second kappa shape index (κ2) is 9.41. The summed E-state index contributed by atoms with van der Waals surface area (Å²) >= 11 is 0. The maximum Gasteiger partial charge on any atom is 0.223 e. The molecule has 1 aliphatic rings. The summed E-state index contributed by atoms with van der Waals surface area (Å²) in [4.78, 5) is 15.5. The van der Waals surface area contributed by atoms with Crippen LogP contribution in [0.3, 0.4) is 0 Å². The predicted octanol–water partition coefficient (Wildman–Crippen LogP) is 0.952. The van der Waals surface area contributed by atoms with Gasteiger partial charge < -0.3 is 16.0 Å². The lowest BCUT2D eigenvalue weighted by Gasteiger charge is -2.13. The van der Waals surface area contributed by atoms with Gasteiger partial charge in [-0.25, -0.2) is 0 Å². The van der Waals surface area contributed by atoms with Crippen LogP contribution < -0.4 is 16.0 Å². The summed E-state index contributed by atoms with van der Waals surface area (Å²) in [7, 11) is 1.75. The molecule has 6 heteroatoms. The van der Waals surface area contributed by atoms with E-state index in [9.17, 15) is 4.79 Å². The fourth-order valence-electron chi connectivity index (χ4n) is 1.38. The number of halogens is 1. The van der Waals surface area contributed by atoms with Crippen LogP contribution in [0.2, 0.25) is 0 Å². The Labute approximate surface area is 127 Å². The SMILES string of the molecule is CN=C(NCCNC(=O)C1CC1)NCC(C)C.I. The molecule has 0 unspecified atom stereocenters. The molecule has 0 atom stereocenters. The molecule has 1 amide bonds. The van der Waals surface area contributed by atoms with E-state index in [0.29, 0.717) is 19.0 Å². The molecule has 18 heavy (non-hydrogen) atoms. The van der Waals surface area contributed by atoms with Gasteiger partial charge in [-0.05, 0) is 18.8 Å². The average Bonchev–Trinajstić information content (AvgIpc) is 3.11. The number of hydrogen-bond donors (Lipinski definition) is 3. The molecule has 0 saturated heterocycles. The highest BCUT2D eigenvalue weighted by Crippen LogP contribution is 2.28. The van der Waals surface area contributed by atoms with Gasteiger partial charge in [-0.2, -0.15) is 0 Å². The number of hydrogen-bond acceptors (Lipinski definition) is 2. The van der Waals surface area contributed by atoms with Crippen molar-refractivity contribution in [2.45, 2.75) is 26.7 Å². The van der Waals surface area contributed by atoms with E-state index < -0.39 is 0 Å². The molecule has 0 aromatic rings. The van der Waals surface area contributed by atoms with Crippen LogP contribution in [0.1, 0.15) is 26.7 Å². The van der Waals surface area contributed by atoms with E-state index in [1.54, 1.807) is 7.05 Å². The molecular weight excluding hydrogens is 343 g/mol. The van der Waals surface area contributed by atoms with Gasteiger partial charge in [0.05, 0.1) is 0 Å². The second-order valence-electron chi connectivity index (χ2n) is 4.84. The minimum Gasteiger partial charge on any atom is -0.356 e. The molecule has 0 aromatic heterocycles. The number of carbonyl (C=O) groups is 1. The Bertz CT molecular complexity index is 277. The summed E-state index contributed by atoms with van der Waals surface area (Å²) in [5, 5.41) is 9.29. The molecule has 1 aliphatic carbocycles. The monoisotopic (exact) mass is 368 g/mol. The number of aliphatic imine (C=N–C) groups is 1. The molecule has 0 aromatic carbocycles. The van der Waals surface area contributed by atoms with Crippen molar-refractivity contribution in [2.24, 2.45) is 16.8 Å². The van der Waals surface area contributed by atoms with E-state index in [0.717, 1.165) is 25.3 Å². The first-order valence-electron chi connectivity index (χ1n) is 6.35. The molecule has 0 aliphatic heterocycles. The number of nitrogens with one attached hydrogen (secondary N) is 3. The van der Waals surface area contributed by atoms with Crippen LogP contribution in [-0.2, 0) is 4.79 Å². The van der Waals surface area contributed by atoms with Crippen molar-refractivity contribution >= 4 is 35.8 Å². The summed E-state index contributed by atoms with van der Waals surface area (Å²) in [6, 6.07) is 0. The van der Waals surface area contributed by atoms with E-state index in [1.165, 1.54) is 0 Å². The largest absolute Gasteiger partial charge is 0.356 e. The highest BCUT2D eigenvalue weighted by Gasteiger charge is 2.28. The van der Waals surface area contributed by atoms with Gasteiger partial charge in [-0.3, -0.25) is 9.79 Å². The lowest BCUT2D eigenvalue weighted by molar-refractivity contribution is -0.122. The Hall–Kier alpha value is -0.530. The Morgan fingerprint density at radius 2 is 1.83 bits per heavy atom.